The zero-order valence-corrected chi connectivity index (χ0v) is 10.3. The summed E-state index contributed by atoms with van der Waals surface area (Å²) < 4.78 is 10.3. The molecule has 17 heavy (non-hydrogen) atoms. The van der Waals surface area contributed by atoms with Gasteiger partial charge in [0.1, 0.15) is 5.75 Å². The van der Waals surface area contributed by atoms with Gasteiger partial charge in [-0.1, -0.05) is 18.1 Å². The van der Waals surface area contributed by atoms with Crippen molar-refractivity contribution in [2.75, 3.05) is 12.8 Å². The molecular weight excluding hydrogens is 216 g/mol. The number of nitrogen functional groups attached to an aromatic ring is 1. The molecule has 0 aliphatic heterocycles. The van der Waals surface area contributed by atoms with Crippen molar-refractivity contribution in [2.24, 2.45) is 0 Å². The number of rotatable bonds is 3. The first-order chi connectivity index (χ1) is 8.17. The van der Waals surface area contributed by atoms with Gasteiger partial charge in [-0.15, -0.1) is 0 Å². The Kier molecular flexibility index (Phi) is 3.04. The van der Waals surface area contributed by atoms with Crippen molar-refractivity contribution in [3.63, 3.8) is 0 Å². The fourth-order valence-electron chi connectivity index (χ4n) is 1.92. The molecule has 1 aromatic carbocycles. The highest BCUT2D eigenvalue weighted by Crippen LogP contribution is 2.32. The molecule has 0 fully saturated rings. The number of anilines is 1. The third-order valence-corrected chi connectivity index (χ3v) is 2.81. The predicted molar refractivity (Wildman–Crippen MR) is 67.0 cm³/mol. The lowest BCUT2D eigenvalue weighted by Crippen LogP contribution is -1.92. The van der Waals surface area contributed by atoms with Gasteiger partial charge in [0.05, 0.1) is 18.4 Å². The van der Waals surface area contributed by atoms with E-state index in [0.29, 0.717) is 5.88 Å². The fourth-order valence-corrected chi connectivity index (χ4v) is 1.92. The second kappa shape index (κ2) is 4.49. The highest BCUT2D eigenvalue weighted by atomic mass is 16.5. The minimum absolute atomic E-state index is 0.367. The summed E-state index contributed by atoms with van der Waals surface area (Å²) in [6, 6.07) is 5.92. The van der Waals surface area contributed by atoms with Gasteiger partial charge in [-0.25, -0.2) is 0 Å². The monoisotopic (exact) mass is 232 g/mol. The normalized spacial score (nSPS) is 10.5. The first-order valence-corrected chi connectivity index (χ1v) is 5.56. The van der Waals surface area contributed by atoms with Crippen LogP contribution in [0.3, 0.4) is 0 Å². The minimum atomic E-state index is 0.367. The van der Waals surface area contributed by atoms with Crippen molar-refractivity contribution in [3.05, 3.63) is 29.5 Å². The van der Waals surface area contributed by atoms with E-state index in [0.717, 1.165) is 34.6 Å². The van der Waals surface area contributed by atoms with Gasteiger partial charge in [-0.05, 0) is 36.6 Å². The molecule has 0 aliphatic carbocycles. The van der Waals surface area contributed by atoms with Crippen molar-refractivity contribution in [3.8, 4) is 16.9 Å². The third-order valence-electron chi connectivity index (χ3n) is 2.81. The number of aryl methyl sites for hydroxylation is 2. The standard InChI is InChI=1S/C13H16N2O2/c1-4-10-12(13(14)17-15-10)9-5-6-11(16-3)8(2)7-9/h5-7H,4,14H2,1-3H3. The van der Waals surface area contributed by atoms with E-state index in [9.17, 15) is 0 Å². The fraction of sp³-hybridized carbons (Fsp3) is 0.308. The molecule has 0 saturated heterocycles. The van der Waals surface area contributed by atoms with E-state index in [4.69, 9.17) is 15.0 Å². The van der Waals surface area contributed by atoms with Gasteiger partial charge in [0.2, 0.25) is 5.88 Å². The molecule has 0 aliphatic rings. The number of nitrogens with zero attached hydrogens (tertiary/aromatic N) is 1. The van der Waals surface area contributed by atoms with Crippen LogP contribution in [-0.2, 0) is 6.42 Å². The van der Waals surface area contributed by atoms with Crippen LogP contribution in [0.15, 0.2) is 22.7 Å². The quantitative estimate of drug-likeness (QED) is 0.883. The van der Waals surface area contributed by atoms with E-state index < -0.39 is 0 Å². The number of methoxy groups -OCH3 is 1. The van der Waals surface area contributed by atoms with Gasteiger partial charge in [0.15, 0.2) is 0 Å². The Hall–Kier alpha value is -1.97. The lowest BCUT2D eigenvalue weighted by molar-refractivity contribution is 0.412. The molecule has 0 unspecified atom stereocenters. The highest BCUT2D eigenvalue weighted by Gasteiger charge is 2.15. The largest absolute Gasteiger partial charge is 0.496 e. The molecule has 0 radical (unpaired) electrons. The molecule has 0 amide bonds. The van der Waals surface area contributed by atoms with Crippen molar-refractivity contribution in [1.82, 2.24) is 5.16 Å². The summed E-state index contributed by atoms with van der Waals surface area (Å²) in [5.41, 5.74) is 9.65. The van der Waals surface area contributed by atoms with Crippen LogP contribution in [0, 0.1) is 6.92 Å². The molecular formula is C13H16N2O2. The van der Waals surface area contributed by atoms with Crippen LogP contribution >= 0.6 is 0 Å². The summed E-state index contributed by atoms with van der Waals surface area (Å²) in [6.45, 7) is 4.02. The maximum atomic E-state index is 5.81. The maximum absolute atomic E-state index is 5.81. The topological polar surface area (TPSA) is 61.3 Å². The van der Waals surface area contributed by atoms with E-state index in [1.165, 1.54) is 0 Å². The molecule has 2 aromatic rings. The Labute approximate surface area is 100 Å². The van der Waals surface area contributed by atoms with E-state index >= 15 is 0 Å². The van der Waals surface area contributed by atoms with Gasteiger partial charge < -0.3 is 15.0 Å². The SMILES string of the molecule is CCc1noc(N)c1-c1ccc(OC)c(C)c1. The summed E-state index contributed by atoms with van der Waals surface area (Å²) in [4.78, 5) is 0. The van der Waals surface area contributed by atoms with Gasteiger partial charge >= 0.3 is 0 Å². The summed E-state index contributed by atoms with van der Waals surface area (Å²) >= 11 is 0. The number of benzene rings is 1. The number of nitrogens with two attached hydrogens (primary N) is 1. The number of hydrogen-bond acceptors (Lipinski definition) is 4. The maximum Gasteiger partial charge on any atom is 0.230 e. The van der Waals surface area contributed by atoms with E-state index in [1.54, 1.807) is 7.11 Å². The average Bonchev–Trinajstić information content (AvgIpc) is 2.70. The molecule has 0 bridgehead atoms. The molecule has 4 nitrogen and oxygen atoms in total. The molecule has 2 N–H and O–H groups in total. The number of hydrogen-bond donors (Lipinski definition) is 1. The summed E-state index contributed by atoms with van der Waals surface area (Å²) in [7, 11) is 1.66. The number of ether oxygens (including phenoxy) is 1. The molecule has 4 heteroatoms. The van der Waals surface area contributed by atoms with Crippen LogP contribution < -0.4 is 10.5 Å². The first kappa shape index (κ1) is 11.5. The second-order valence-electron chi connectivity index (χ2n) is 3.91. The second-order valence-corrected chi connectivity index (χ2v) is 3.91. The Morgan fingerprint density at radius 1 is 1.41 bits per heavy atom. The van der Waals surface area contributed by atoms with Crippen LogP contribution in [0.1, 0.15) is 18.2 Å². The molecule has 1 aromatic heterocycles. The smallest absolute Gasteiger partial charge is 0.230 e. The van der Waals surface area contributed by atoms with Crippen LogP contribution in [0.25, 0.3) is 11.1 Å². The Bertz CT molecular complexity index is 532. The van der Waals surface area contributed by atoms with Gasteiger partial charge in [-0.2, -0.15) is 0 Å². The molecule has 2 rings (SSSR count). The van der Waals surface area contributed by atoms with Gasteiger partial charge in [-0.3, -0.25) is 0 Å². The van der Waals surface area contributed by atoms with Crippen molar-refractivity contribution < 1.29 is 9.26 Å². The molecule has 1 heterocycles. The number of aromatic nitrogens is 1. The van der Waals surface area contributed by atoms with Gasteiger partial charge in [0, 0.05) is 0 Å². The van der Waals surface area contributed by atoms with Crippen LogP contribution in [-0.4, -0.2) is 12.3 Å². The highest BCUT2D eigenvalue weighted by molar-refractivity contribution is 5.76. The summed E-state index contributed by atoms with van der Waals surface area (Å²) in [5, 5.41) is 3.95. The summed E-state index contributed by atoms with van der Waals surface area (Å²) in [5.74, 6) is 1.23. The van der Waals surface area contributed by atoms with E-state index in [2.05, 4.69) is 5.16 Å². The van der Waals surface area contributed by atoms with Crippen molar-refractivity contribution in [1.29, 1.82) is 0 Å². The zero-order valence-electron chi connectivity index (χ0n) is 10.3. The van der Waals surface area contributed by atoms with Gasteiger partial charge in [0.25, 0.3) is 0 Å². The van der Waals surface area contributed by atoms with Crippen LogP contribution in [0.4, 0.5) is 5.88 Å². The Balaban J connectivity index is 2.53. The third kappa shape index (κ3) is 1.98. The average molecular weight is 232 g/mol. The Morgan fingerprint density at radius 3 is 2.76 bits per heavy atom. The Morgan fingerprint density at radius 2 is 2.18 bits per heavy atom. The van der Waals surface area contributed by atoms with Crippen LogP contribution in [0.2, 0.25) is 0 Å². The minimum Gasteiger partial charge on any atom is -0.496 e. The van der Waals surface area contributed by atoms with Crippen LogP contribution in [0.5, 0.6) is 5.75 Å². The predicted octanol–water partition coefficient (Wildman–Crippen LogP) is 2.80. The summed E-state index contributed by atoms with van der Waals surface area (Å²) in [6.07, 6.45) is 0.793. The van der Waals surface area contributed by atoms with E-state index in [1.807, 2.05) is 32.0 Å². The lowest BCUT2D eigenvalue weighted by Gasteiger charge is -2.07. The van der Waals surface area contributed by atoms with Crippen molar-refractivity contribution >= 4 is 5.88 Å². The molecule has 0 atom stereocenters. The molecule has 0 spiro atoms. The molecule has 90 valence electrons. The first-order valence-electron chi connectivity index (χ1n) is 5.56. The van der Waals surface area contributed by atoms with E-state index in [-0.39, 0.29) is 0 Å². The zero-order chi connectivity index (χ0) is 12.4. The molecule has 0 saturated carbocycles. The lowest BCUT2D eigenvalue weighted by atomic mass is 10.0. The van der Waals surface area contributed by atoms with Crippen molar-refractivity contribution in [2.45, 2.75) is 20.3 Å².